The standard InChI is InChI=1S/C20H18N4O3S2/c1-23(2)7-8-24(19(25)18-21-12-5-3-4-6-16(12)28-18)20-22-13-9-14-15(27-11-26-14)10-17(13)29-20/h3-6,9-10H,7-8,11H2,1-2H3. The smallest absolute Gasteiger partial charge is 0.289 e. The van der Waals surface area contributed by atoms with E-state index in [9.17, 15) is 4.79 Å². The fourth-order valence-corrected chi connectivity index (χ4v) is 5.00. The Kier molecular flexibility index (Phi) is 4.57. The summed E-state index contributed by atoms with van der Waals surface area (Å²) < 4.78 is 12.9. The molecule has 1 aliphatic heterocycles. The van der Waals surface area contributed by atoms with Gasteiger partial charge in [-0.3, -0.25) is 9.69 Å². The number of thiazole rings is 2. The number of hydrogen-bond acceptors (Lipinski definition) is 8. The van der Waals surface area contributed by atoms with Gasteiger partial charge in [0.1, 0.15) is 0 Å². The molecule has 0 saturated heterocycles. The third kappa shape index (κ3) is 3.41. The van der Waals surface area contributed by atoms with Crippen LogP contribution < -0.4 is 14.4 Å². The minimum absolute atomic E-state index is 0.132. The van der Waals surface area contributed by atoms with Crippen molar-refractivity contribution >= 4 is 54.1 Å². The fourth-order valence-electron chi connectivity index (χ4n) is 3.08. The maximum absolute atomic E-state index is 13.4. The predicted molar refractivity (Wildman–Crippen MR) is 116 cm³/mol. The molecule has 1 amide bonds. The van der Waals surface area contributed by atoms with Crippen LogP contribution >= 0.6 is 22.7 Å². The first-order valence-electron chi connectivity index (χ1n) is 9.11. The second-order valence-corrected chi connectivity index (χ2v) is 8.96. The van der Waals surface area contributed by atoms with Gasteiger partial charge in [-0.15, -0.1) is 11.3 Å². The van der Waals surface area contributed by atoms with Crippen LogP contribution in [-0.4, -0.2) is 54.8 Å². The highest BCUT2D eigenvalue weighted by Crippen LogP contribution is 2.40. The monoisotopic (exact) mass is 426 g/mol. The molecule has 0 N–H and O–H groups in total. The molecule has 148 valence electrons. The molecule has 0 fully saturated rings. The molecular formula is C20H18N4O3S2. The molecule has 0 aliphatic carbocycles. The van der Waals surface area contributed by atoms with Gasteiger partial charge in [0.2, 0.25) is 6.79 Å². The van der Waals surface area contributed by atoms with E-state index in [4.69, 9.17) is 14.5 Å². The Bertz CT molecular complexity index is 1140. The van der Waals surface area contributed by atoms with Crippen LogP contribution in [0.2, 0.25) is 0 Å². The van der Waals surface area contributed by atoms with Crippen LogP contribution in [0.15, 0.2) is 36.4 Å². The van der Waals surface area contributed by atoms with Crippen LogP contribution in [0.3, 0.4) is 0 Å². The summed E-state index contributed by atoms with van der Waals surface area (Å²) in [6.07, 6.45) is 0. The summed E-state index contributed by atoms with van der Waals surface area (Å²) in [6, 6.07) is 11.6. The highest BCUT2D eigenvalue weighted by molar-refractivity contribution is 7.23. The maximum atomic E-state index is 13.4. The average molecular weight is 427 g/mol. The van der Waals surface area contributed by atoms with Gasteiger partial charge in [0.05, 0.1) is 20.4 Å². The molecule has 1 aliphatic rings. The summed E-state index contributed by atoms with van der Waals surface area (Å²) in [5.74, 6) is 1.27. The Hall–Kier alpha value is -2.75. The first kappa shape index (κ1) is 18.3. The molecule has 0 saturated carbocycles. The minimum Gasteiger partial charge on any atom is -0.454 e. The van der Waals surface area contributed by atoms with Gasteiger partial charge in [-0.05, 0) is 26.2 Å². The van der Waals surface area contributed by atoms with E-state index < -0.39 is 0 Å². The van der Waals surface area contributed by atoms with Crippen LogP contribution in [0.5, 0.6) is 11.5 Å². The van der Waals surface area contributed by atoms with E-state index >= 15 is 0 Å². The number of amides is 1. The normalized spacial score (nSPS) is 12.9. The van der Waals surface area contributed by atoms with Crippen molar-refractivity contribution in [1.82, 2.24) is 14.9 Å². The zero-order chi connectivity index (χ0) is 20.0. The van der Waals surface area contributed by atoms with Crippen LogP contribution in [-0.2, 0) is 0 Å². The lowest BCUT2D eigenvalue weighted by atomic mass is 10.3. The molecule has 0 radical (unpaired) electrons. The molecule has 29 heavy (non-hydrogen) atoms. The molecule has 7 nitrogen and oxygen atoms in total. The summed E-state index contributed by atoms with van der Waals surface area (Å²) >= 11 is 2.88. The number of ether oxygens (including phenoxy) is 2. The van der Waals surface area contributed by atoms with E-state index in [-0.39, 0.29) is 12.7 Å². The second kappa shape index (κ2) is 7.25. The molecule has 2 aromatic heterocycles. The van der Waals surface area contributed by atoms with Gasteiger partial charge >= 0.3 is 0 Å². The Morgan fingerprint density at radius 3 is 2.59 bits per heavy atom. The summed E-state index contributed by atoms with van der Waals surface area (Å²) in [5, 5.41) is 1.12. The molecule has 5 rings (SSSR count). The van der Waals surface area contributed by atoms with Crippen molar-refractivity contribution < 1.29 is 14.3 Å². The largest absolute Gasteiger partial charge is 0.454 e. The van der Waals surface area contributed by atoms with Crippen LogP contribution in [0.4, 0.5) is 5.13 Å². The number of likely N-dealkylation sites (N-methyl/N-ethyl adjacent to an activating group) is 1. The number of carbonyl (C=O) groups excluding carboxylic acids is 1. The van der Waals surface area contributed by atoms with E-state index in [1.54, 1.807) is 4.90 Å². The number of anilines is 1. The van der Waals surface area contributed by atoms with Gasteiger partial charge in [-0.2, -0.15) is 0 Å². The Balaban J connectivity index is 1.53. The summed E-state index contributed by atoms with van der Waals surface area (Å²) in [6.45, 7) is 1.47. The molecule has 0 spiro atoms. The Morgan fingerprint density at radius 2 is 1.79 bits per heavy atom. The lowest BCUT2D eigenvalue weighted by Crippen LogP contribution is -2.36. The van der Waals surface area contributed by atoms with E-state index in [1.165, 1.54) is 22.7 Å². The topological polar surface area (TPSA) is 67.8 Å². The van der Waals surface area contributed by atoms with Gasteiger partial charge in [0, 0.05) is 25.2 Å². The van der Waals surface area contributed by atoms with E-state index in [0.717, 1.165) is 27.0 Å². The molecule has 0 unspecified atom stereocenters. The van der Waals surface area contributed by atoms with E-state index in [1.807, 2.05) is 55.4 Å². The van der Waals surface area contributed by atoms with Gasteiger partial charge in [-0.25, -0.2) is 9.97 Å². The van der Waals surface area contributed by atoms with Crippen LogP contribution in [0, 0.1) is 0 Å². The Morgan fingerprint density at radius 1 is 1.00 bits per heavy atom. The number of fused-ring (bicyclic) bond motifs is 3. The van der Waals surface area contributed by atoms with Gasteiger partial charge < -0.3 is 14.4 Å². The SMILES string of the molecule is CN(C)CCN(C(=O)c1nc2ccccc2s1)c1nc2cc3c(cc2s1)OCO3. The molecule has 3 heterocycles. The number of para-hydroxylation sites is 1. The fraction of sp³-hybridized carbons (Fsp3) is 0.250. The van der Waals surface area contributed by atoms with Crippen molar-refractivity contribution in [3.8, 4) is 11.5 Å². The third-order valence-electron chi connectivity index (χ3n) is 4.60. The molecule has 4 aromatic rings. The van der Waals surface area contributed by atoms with Crippen molar-refractivity contribution in [2.24, 2.45) is 0 Å². The van der Waals surface area contributed by atoms with Gasteiger partial charge in [0.25, 0.3) is 5.91 Å². The lowest BCUT2D eigenvalue weighted by molar-refractivity contribution is 0.0985. The van der Waals surface area contributed by atoms with Gasteiger partial charge in [0.15, 0.2) is 21.6 Å². The second-order valence-electron chi connectivity index (χ2n) is 6.92. The van der Waals surface area contributed by atoms with Crippen molar-refractivity contribution in [3.05, 3.63) is 41.4 Å². The van der Waals surface area contributed by atoms with Crippen molar-refractivity contribution in [3.63, 3.8) is 0 Å². The first-order valence-corrected chi connectivity index (χ1v) is 10.7. The van der Waals surface area contributed by atoms with Gasteiger partial charge in [-0.1, -0.05) is 23.5 Å². The van der Waals surface area contributed by atoms with E-state index in [0.29, 0.717) is 28.2 Å². The zero-order valence-electron chi connectivity index (χ0n) is 15.9. The molecule has 0 atom stereocenters. The zero-order valence-corrected chi connectivity index (χ0v) is 17.5. The molecule has 9 heteroatoms. The number of rotatable bonds is 5. The number of nitrogens with zero attached hydrogens (tertiary/aromatic N) is 4. The Labute approximate surface area is 175 Å². The maximum Gasteiger partial charge on any atom is 0.289 e. The highest BCUT2D eigenvalue weighted by Gasteiger charge is 2.25. The quantitative estimate of drug-likeness (QED) is 0.483. The molecule has 2 aromatic carbocycles. The third-order valence-corrected chi connectivity index (χ3v) is 6.66. The number of carbonyl (C=O) groups is 1. The number of benzene rings is 2. The predicted octanol–water partition coefficient (Wildman–Crippen LogP) is 3.84. The first-order chi connectivity index (χ1) is 14.1. The van der Waals surface area contributed by atoms with Crippen molar-refractivity contribution in [2.75, 3.05) is 38.9 Å². The molecule has 0 bridgehead atoms. The molecular weight excluding hydrogens is 408 g/mol. The van der Waals surface area contributed by atoms with Crippen LogP contribution in [0.25, 0.3) is 20.4 Å². The number of aromatic nitrogens is 2. The highest BCUT2D eigenvalue weighted by atomic mass is 32.1. The summed E-state index contributed by atoms with van der Waals surface area (Å²) in [7, 11) is 3.97. The average Bonchev–Trinajstić information content (AvgIpc) is 3.42. The lowest BCUT2D eigenvalue weighted by Gasteiger charge is -2.20. The van der Waals surface area contributed by atoms with Crippen molar-refractivity contribution in [2.45, 2.75) is 0 Å². The van der Waals surface area contributed by atoms with Crippen LogP contribution in [0.1, 0.15) is 9.80 Å². The van der Waals surface area contributed by atoms with E-state index in [2.05, 4.69) is 4.98 Å². The van der Waals surface area contributed by atoms with Crippen molar-refractivity contribution in [1.29, 1.82) is 0 Å². The number of hydrogen-bond donors (Lipinski definition) is 0. The summed E-state index contributed by atoms with van der Waals surface area (Å²) in [5.41, 5.74) is 1.63. The summed E-state index contributed by atoms with van der Waals surface area (Å²) in [4.78, 5) is 26.4. The minimum atomic E-state index is -0.132.